The Morgan fingerprint density at radius 1 is 1.02 bits per heavy atom. The largest absolute Gasteiger partial charge is 0.507 e. The van der Waals surface area contributed by atoms with Crippen molar-refractivity contribution in [2.75, 3.05) is 19.1 Å². The van der Waals surface area contributed by atoms with Crippen LogP contribution in [-0.4, -0.2) is 47.1 Å². The number of thiazole rings is 1. The second-order valence-corrected chi connectivity index (χ2v) is 10.7. The molecule has 0 radical (unpaired) electrons. The average Bonchev–Trinajstić information content (AvgIpc) is 3.52. The summed E-state index contributed by atoms with van der Waals surface area (Å²) in [5.41, 5.74) is 2.41. The van der Waals surface area contributed by atoms with E-state index >= 15 is 0 Å². The molecule has 1 aliphatic rings. The number of nitrogens with zero attached hydrogens (tertiary/aromatic N) is 2. The highest BCUT2D eigenvalue weighted by Gasteiger charge is 2.48. The molecule has 2 N–H and O–H groups in total. The number of phenols is 1. The lowest BCUT2D eigenvalue weighted by molar-refractivity contribution is -0.132. The quantitative estimate of drug-likeness (QED) is 0.117. The summed E-state index contributed by atoms with van der Waals surface area (Å²) in [7, 11) is 2.60. The van der Waals surface area contributed by atoms with E-state index < -0.39 is 29.5 Å². The summed E-state index contributed by atoms with van der Waals surface area (Å²) >= 11 is 0.891. The normalized spacial score (nSPS) is 15.9. The summed E-state index contributed by atoms with van der Waals surface area (Å²) in [5, 5.41) is 21.9. The standard InChI is InChI=1S/C32H28N2O8S/c1-17-14-21(42-16-19-8-6-5-7-9-19)11-12-22(17)27(36)25-26(20-10-13-23(35)24(15-20)40-3)34(30(38)28(25)37)32-33-18(2)29(43-32)31(39)41-4/h5-15,26,35-36H,16H2,1-4H3/b27-25+/t26-/m1/s1. The Morgan fingerprint density at radius 2 is 1.77 bits per heavy atom. The van der Waals surface area contributed by atoms with Crippen LogP contribution in [0.1, 0.15) is 43.7 Å². The number of benzene rings is 3. The SMILES string of the molecule is COC(=O)c1sc(N2C(=O)C(=O)/C(=C(/O)c3ccc(OCc4ccccc4)cc3C)[C@H]2c2ccc(O)c(OC)c2)nc1C. The Kier molecular flexibility index (Phi) is 8.18. The third-order valence-corrected chi connectivity index (χ3v) is 8.16. The molecule has 0 spiro atoms. The van der Waals surface area contributed by atoms with Crippen LogP contribution in [0.3, 0.4) is 0 Å². The fourth-order valence-electron chi connectivity index (χ4n) is 4.85. The fourth-order valence-corrected chi connectivity index (χ4v) is 5.87. The zero-order valence-electron chi connectivity index (χ0n) is 23.8. The van der Waals surface area contributed by atoms with Gasteiger partial charge in [0.05, 0.1) is 31.5 Å². The summed E-state index contributed by atoms with van der Waals surface area (Å²) in [4.78, 5) is 45.2. The van der Waals surface area contributed by atoms with Crippen LogP contribution in [0.4, 0.5) is 5.13 Å². The number of anilines is 1. The number of carbonyl (C=O) groups is 3. The van der Waals surface area contributed by atoms with E-state index in [1.165, 1.54) is 32.4 Å². The molecule has 3 aromatic carbocycles. The van der Waals surface area contributed by atoms with Crippen molar-refractivity contribution in [1.82, 2.24) is 4.98 Å². The Hall–Kier alpha value is -5.16. The number of carbonyl (C=O) groups excluding carboxylic acids is 3. The fraction of sp³-hybridized carbons (Fsp3) is 0.188. The highest BCUT2D eigenvalue weighted by atomic mass is 32.1. The number of hydrogen-bond acceptors (Lipinski definition) is 10. The number of phenolic OH excluding ortho intramolecular Hbond substituents is 1. The van der Waals surface area contributed by atoms with E-state index in [2.05, 4.69) is 4.98 Å². The number of amides is 1. The second kappa shape index (κ2) is 12.0. The summed E-state index contributed by atoms with van der Waals surface area (Å²) in [6, 6.07) is 17.9. The first-order valence-corrected chi connectivity index (χ1v) is 14.0. The van der Waals surface area contributed by atoms with Gasteiger partial charge in [-0.25, -0.2) is 9.78 Å². The molecule has 0 aliphatic carbocycles. The molecule has 10 nitrogen and oxygen atoms in total. The third-order valence-electron chi connectivity index (χ3n) is 7.03. The van der Waals surface area contributed by atoms with Gasteiger partial charge in [-0.05, 0) is 60.9 Å². The van der Waals surface area contributed by atoms with Gasteiger partial charge >= 0.3 is 11.9 Å². The molecule has 0 bridgehead atoms. The number of methoxy groups -OCH3 is 2. The van der Waals surface area contributed by atoms with E-state index in [0.717, 1.165) is 21.8 Å². The van der Waals surface area contributed by atoms with Crippen LogP contribution in [0, 0.1) is 13.8 Å². The number of ether oxygens (including phenoxy) is 3. The lowest BCUT2D eigenvalue weighted by atomic mass is 9.93. The number of aromatic hydroxyl groups is 1. The summed E-state index contributed by atoms with van der Waals surface area (Å²) in [6.45, 7) is 3.69. The monoisotopic (exact) mass is 600 g/mol. The number of aromatic nitrogens is 1. The lowest BCUT2D eigenvalue weighted by Crippen LogP contribution is -2.29. The van der Waals surface area contributed by atoms with Gasteiger partial charge in [0.15, 0.2) is 16.6 Å². The molecule has 2 heterocycles. The Bertz CT molecular complexity index is 1760. The number of aliphatic hydroxyl groups is 1. The van der Waals surface area contributed by atoms with Gasteiger partial charge in [0.1, 0.15) is 23.0 Å². The van der Waals surface area contributed by atoms with Crippen LogP contribution in [0.25, 0.3) is 5.76 Å². The predicted octanol–water partition coefficient (Wildman–Crippen LogP) is 5.47. The van der Waals surface area contributed by atoms with Gasteiger partial charge in [0, 0.05) is 5.56 Å². The molecule has 0 unspecified atom stereocenters. The van der Waals surface area contributed by atoms with Gasteiger partial charge in [-0.1, -0.05) is 47.7 Å². The Morgan fingerprint density at radius 3 is 2.44 bits per heavy atom. The minimum atomic E-state index is -1.15. The zero-order valence-corrected chi connectivity index (χ0v) is 24.6. The number of aliphatic hydroxyl groups excluding tert-OH is 1. The maximum Gasteiger partial charge on any atom is 0.350 e. The minimum Gasteiger partial charge on any atom is -0.507 e. The van der Waals surface area contributed by atoms with E-state index in [1.807, 2.05) is 30.3 Å². The molecule has 1 fully saturated rings. The number of hydrogen-bond donors (Lipinski definition) is 2. The molecule has 1 atom stereocenters. The summed E-state index contributed by atoms with van der Waals surface area (Å²) < 4.78 is 16.0. The Balaban J connectivity index is 1.61. The molecule has 1 aromatic heterocycles. The molecule has 0 saturated carbocycles. The molecule has 1 amide bonds. The third kappa shape index (κ3) is 5.54. The molecule has 4 aromatic rings. The van der Waals surface area contributed by atoms with E-state index in [1.54, 1.807) is 32.0 Å². The highest BCUT2D eigenvalue weighted by molar-refractivity contribution is 7.17. The smallest absolute Gasteiger partial charge is 0.350 e. The van der Waals surface area contributed by atoms with E-state index in [9.17, 15) is 24.6 Å². The highest BCUT2D eigenvalue weighted by Crippen LogP contribution is 2.45. The second-order valence-electron chi connectivity index (χ2n) is 9.75. The maximum atomic E-state index is 13.6. The molecule has 1 saturated heterocycles. The van der Waals surface area contributed by atoms with E-state index in [0.29, 0.717) is 34.7 Å². The maximum absolute atomic E-state index is 13.6. The topological polar surface area (TPSA) is 135 Å². The van der Waals surface area contributed by atoms with Crippen molar-refractivity contribution in [3.63, 3.8) is 0 Å². The first kappa shape index (κ1) is 29.3. The van der Waals surface area contributed by atoms with Crippen LogP contribution in [0.2, 0.25) is 0 Å². The minimum absolute atomic E-state index is 0.0671. The number of rotatable bonds is 8. The van der Waals surface area contributed by atoms with Crippen LogP contribution in [0.5, 0.6) is 17.2 Å². The van der Waals surface area contributed by atoms with Crippen LogP contribution in [0.15, 0.2) is 72.3 Å². The molecule has 220 valence electrons. The Labute approximate surface area is 251 Å². The van der Waals surface area contributed by atoms with E-state index in [4.69, 9.17) is 14.2 Å². The number of aryl methyl sites for hydroxylation is 2. The van der Waals surface area contributed by atoms with Crippen molar-refractivity contribution in [2.45, 2.75) is 26.5 Å². The van der Waals surface area contributed by atoms with Crippen LogP contribution < -0.4 is 14.4 Å². The summed E-state index contributed by atoms with van der Waals surface area (Å²) in [5.74, 6) is -2.40. The number of Topliss-reactive ketones (excluding diaryl/α,β-unsaturated/α-hetero) is 1. The number of ketones is 1. The molecule has 5 rings (SSSR count). The van der Waals surface area contributed by atoms with Gasteiger partial charge < -0.3 is 24.4 Å². The lowest BCUT2D eigenvalue weighted by Gasteiger charge is -2.23. The van der Waals surface area contributed by atoms with Gasteiger partial charge in [-0.15, -0.1) is 0 Å². The summed E-state index contributed by atoms with van der Waals surface area (Å²) in [6.07, 6.45) is 0. The first-order chi connectivity index (χ1) is 20.6. The van der Waals surface area contributed by atoms with Gasteiger partial charge in [0.25, 0.3) is 5.78 Å². The molecular weight excluding hydrogens is 572 g/mol. The predicted molar refractivity (Wildman–Crippen MR) is 160 cm³/mol. The van der Waals surface area contributed by atoms with Crippen LogP contribution in [-0.2, 0) is 20.9 Å². The number of esters is 1. The van der Waals surface area contributed by atoms with Gasteiger partial charge in [-0.2, -0.15) is 0 Å². The van der Waals surface area contributed by atoms with Crippen molar-refractivity contribution >= 4 is 39.9 Å². The zero-order chi connectivity index (χ0) is 30.8. The molecular formula is C32H28N2O8S. The molecule has 11 heteroatoms. The molecule has 43 heavy (non-hydrogen) atoms. The van der Waals surface area contributed by atoms with Crippen molar-refractivity contribution in [3.8, 4) is 17.2 Å². The van der Waals surface area contributed by atoms with Crippen molar-refractivity contribution in [3.05, 3.63) is 105 Å². The van der Waals surface area contributed by atoms with Crippen molar-refractivity contribution < 1.29 is 38.8 Å². The van der Waals surface area contributed by atoms with E-state index in [-0.39, 0.29) is 27.1 Å². The van der Waals surface area contributed by atoms with Gasteiger partial charge in [-0.3, -0.25) is 14.5 Å². The average molecular weight is 601 g/mol. The van der Waals surface area contributed by atoms with Crippen molar-refractivity contribution in [1.29, 1.82) is 0 Å². The van der Waals surface area contributed by atoms with Crippen molar-refractivity contribution in [2.24, 2.45) is 0 Å². The van der Waals surface area contributed by atoms with Gasteiger partial charge in [0.2, 0.25) is 0 Å². The molecule has 1 aliphatic heterocycles. The van der Waals surface area contributed by atoms with Crippen LogP contribution >= 0.6 is 11.3 Å². The first-order valence-electron chi connectivity index (χ1n) is 13.2.